The van der Waals surface area contributed by atoms with Gasteiger partial charge in [0.1, 0.15) is 10.9 Å². The molecule has 27 heavy (non-hydrogen) atoms. The van der Waals surface area contributed by atoms with E-state index in [2.05, 4.69) is 31.0 Å². The first-order valence-electron chi connectivity index (χ1n) is 7.56. The van der Waals surface area contributed by atoms with Crippen LogP contribution >= 0.6 is 27.5 Å². The van der Waals surface area contributed by atoms with E-state index in [1.807, 2.05) is 0 Å². The smallest absolute Gasteiger partial charge is 0.406 e. The molecule has 0 saturated carbocycles. The summed E-state index contributed by atoms with van der Waals surface area (Å²) in [6, 6.07) is 10.1. The Bertz CT molecular complexity index is 1020. The van der Waals surface area contributed by atoms with Crippen LogP contribution in [0, 0.1) is 6.92 Å². The Morgan fingerprint density at radius 2 is 1.85 bits per heavy atom. The molecule has 3 aromatic rings. The van der Waals surface area contributed by atoms with E-state index >= 15 is 0 Å². The highest BCUT2D eigenvalue weighted by atomic mass is 79.9. The molecule has 3 rings (SSSR count). The molecule has 4 nitrogen and oxygen atoms in total. The third-order valence-corrected chi connectivity index (χ3v) is 4.57. The van der Waals surface area contributed by atoms with Crippen molar-refractivity contribution in [2.45, 2.75) is 13.3 Å². The number of carbonyl (C=O) groups is 1. The summed E-state index contributed by atoms with van der Waals surface area (Å²) in [6.07, 6.45) is -4.78. The van der Waals surface area contributed by atoms with Crippen molar-refractivity contribution in [1.29, 1.82) is 0 Å². The molecule has 9 heteroatoms. The van der Waals surface area contributed by atoms with Crippen LogP contribution in [-0.2, 0) is 0 Å². The lowest BCUT2D eigenvalue weighted by molar-refractivity contribution is -0.274. The average molecular weight is 460 g/mol. The molecule has 0 aliphatic carbocycles. The quantitative estimate of drug-likeness (QED) is 0.481. The Morgan fingerprint density at radius 1 is 1.19 bits per heavy atom. The second-order valence-corrected chi connectivity index (χ2v) is 6.86. The van der Waals surface area contributed by atoms with Gasteiger partial charge in [-0.15, -0.1) is 13.2 Å². The number of halogens is 5. The summed E-state index contributed by atoms with van der Waals surface area (Å²) >= 11 is 9.50. The van der Waals surface area contributed by atoms with Gasteiger partial charge in [0, 0.05) is 15.5 Å². The number of nitrogens with one attached hydrogen (secondary N) is 1. The Morgan fingerprint density at radius 3 is 2.48 bits per heavy atom. The zero-order chi connectivity index (χ0) is 19.8. The number of ether oxygens (including phenoxy) is 1. The van der Waals surface area contributed by atoms with E-state index < -0.39 is 12.3 Å². The lowest BCUT2D eigenvalue weighted by Crippen LogP contribution is -2.17. The number of hydrogen-bond donors (Lipinski definition) is 1. The molecule has 1 N–H and O–H groups in total. The van der Waals surface area contributed by atoms with Gasteiger partial charge in [-0.2, -0.15) is 0 Å². The highest BCUT2D eigenvalue weighted by Crippen LogP contribution is 2.29. The highest BCUT2D eigenvalue weighted by molar-refractivity contribution is 9.10. The average Bonchev–Trinajstić information content (AvgIpc) is 2.57. The Hall–Kier alpha value is -2.32. The molecule has 0 radical (unpaired) electrons. The van der Waals surface area contributed by atoms with Crippen molar-refractivity contribution < 1.29 is 22.7 Å². The van der Waals surface area contributed by atoms with Crippen molar-refractivity contribution in [3.8, 4) is 5.75 Å². The van der Waals surface area contributed by atoms with E-state index in [1.165, 1.54) is 12.1 Å². The summed E-state index contributed by atoms with van der Waals surface area (Å²) < 4.78 is 41.2. The number of hydrogen-bond acceptors (Lipinski definition) is 3. The third-order valence-electron chi connectivity index (χ3n) is 3.70. The van der Waals surface area contributed by atoms with Gasteiger partial charge in [0.2, 0.25) is 0 Å². The van der Waals surface area contributed by atoms with Crippen LogP contribution in [0.3, 0.4) is 0 Å². The number of anilines is 1. The van der Waals surface area contributed by atoms with Crippen molar-refractivity contribution in [2.24, 2.45) is 0 Å². The third kappa shape index (κ3) is 4.51. The fraction of sp³-hybridized carbons (Fsp3) is 0.111. The fourth-order valence-corrected chi connectivity index (χ4v) is 3.07. The van der Waals surface area contributed by atoms with E-state index in [4.69, 9.17) is 11.6 Å². The number of benzene rings is 2. The van der Waals surface area contributed by atoms with Crippen LogP contribution in [0.4, 0.5) is 18.9 Å². The minimum absolute atomic E-state index is 0.198. The Kier molecular flexibility index (Phi) is 5.30. The molecule has 0 unspecified atom stereocenters. The van der Waals surface area contributed by atoms with Crippen LogP contribution < -0.4 is 10.1 Å². The minimum Gasteiger partial charge on any atom is -0.406 e. The van der Waals surface area contributed by atoms with Crippen LogP contribution in [0.5, 0.6) is 5.75 Å². The van der Waals surface area contributed by atoms with Gasteiger partial charge in [-0.05, 0) is 55.0 Å². The minimum atomic E-state index is -4.78. The molecule has 1 aromatic heterocycles. The van der Waals surface area contributed by atoms with E-state index in [0.717, 1.165) is 16.6 Å². The monoisotopic (exact) mass is 458 g/mol. The molecule has 0 aliphatic rings. The molecule has 0 saturated heterocycles. The molecule has 0 bridgehead atoms. The molecule has 2 aromatic carbocycles. The fourth-order valence-electron chi connectivity index (χ4n) is 2.53. The van der Waals surface area contributed by atoms with Crippen molar-refractivity contribution in [3.63, 3.8) is 0 Å². The maximum Gasteiger partial charge on any atom is 0.573 e. The van der Waals surface area contributed by atoms with Crippen LogP contribution in [0.25, 0.3) is 10.9 Å². The number of aromatic nitrogens is 1. The van der Waals surface area contributed by atoms with E-state index in [1.54, 1.807) is 25.1 Å². The maximum absolute atomic E-state index is 12.8. The highest BCUT2D eigenvalue weighted by Gasteiger charge is 2.31. The number of nitrogens with zero attached hydrogens (tertiary/aromatic N) is 1. The van der Waals surface area contributed by atoms with Crippen LogP contribution in [-0.4, -0.2) is 17.3 Å². The molecule has 1 heterocycles. The van der Waals surface area contributed by atoms with Gasteiger partial charge < -0.3 is 10.1 Å². The number of carbonyl (C=O) groups excluding carboxylic acids is 1. The first-order valence-corrected chi connectivity index (χ1v) is 8.73. The Labute approximate surface area is 165 Å². The number of amides is 1. The first-order chi connectivity index (χ1) is 12.6. The van der Waals surface area contributed by atoms with Crippen LogP contribution in [0.1, 0.15) is 15.9 Å². The Balaban J connectivity index is 1.92. The van der Waals surface area contributed by atoms with Crippen molar-refractivity contribution >= 4 is 50.0 Å². The number of fused-ring (bicyclic) bond motifs is 1. The molecule has 1 amide bonds. The van der Waals surface area contributed by atoms with E-state index in [0.29, 0.717) is 27.7 Å². The summed E-state index contributed by atoms with van der Waals surface area (Å²) in [5.74, 6) is -0.831. The van der Waals surface area contributed by atoms with Gasteiger partial charge in [0.15, 0.2) is 0 Å². The van der Waals surface area contributed by atoms with Gasteiger partial charge in [0.05, 0.1) is 11.1 Å². The summed E-state index contributed by atoms with van der Waals surface area (Å²) in [6.45, 7) is 1.67. The maximum atomic E-state index is 12.8. The summed E-state index contributed by atoms with van der Waals surface area (Å²) in [4.78, 5) is 17.1. The molecule has 0 atom stereocenters. The molecular weight excluding hydrogens is 449 g/mol. The van der Waals surface area contributed by atoms with E-state index in [9.17, 15) is 18.0 Å². The molecule has 0 spiro atoms. The van der Waals surface area contributed by atoms with Crippen LogP contribution in [0.2, 0.25) is 5.15 Å². The largest absolute Gasteiger partial charge is 0.573 e. The standard InChI is InChI=1S/C18H11BrClF3N2O2/c1-9-15(13-8-10(19)2-7-14(13)25-16(9)20)17(26)24-11-3-5-12(6-4-11)27-18(21,22)23/h2-8H,1H3,(H,24,26). The van der Waals surface area contributed by atoms with Crippen molar-refractivity contribution in [3.05, 3.63) is 63.2 Å². The molecule has 0 fully saturated rings. The lowest BCUT2D eigenvalue weighted by Gasteiger charge is -2.13. The van der Waals surface area contributed by atoms with E-state index in [-0.39, 0.29) is 10.9 Å². The number of pyridine rings is 1. The summed E-state index contributed by atoms with van der Waals surface area (Å²) in [5.41, 5.74) is 1.69. The van der Waals surface area contributed by atoms with Crippen molar-refractivity contribution in [2.75, 3.05) is 5.32 Å². The lowest BCUT2D eigenvalue weighted by atomic mass is 10.0. The molecular formula is C18H11BrClF3N2O2. The van der Waals surface area contributed by atoms with Gasteiger partial charge in [-0.3, -0.25) is 4.79 Å². The zero-order valence-electron chi connectivity index (χ0n) is 13.7. The van der Waals surface area contributed by atoms with Gasteiger partial charge >= 0.3 is 6.36 Å². The summed E-state index contributed by atoms with van der Waals surface area (Å²) in [7, 11) is 0. The number of alkyl halides is 3. The topological polar surface area (TPSA) is 51.2 Å². The first kappa shape index (κ1) is 19.4. The summed E-state index contributed by atoms with van der Waals surface area (Å²) in [5, 5.41) is 3.45. The van der Waals surface area contributed by atoms with Crippen molar-refractivity contribution in [1.82, 2.24) is 4.98 Å². The zero-order valence-corrected chi connectivity index (χ0v) is 16.0. The number of rotatable bonds is 3. The molecule has 140 valence electrons. The SMILES string of the molecule is Cc1c(Cl)nc2ccc(Br)cc2c1C(=O)Nc1ccc(OC(F)(F)F)cc1. The van der Waals surface area contributed by atoms with Gasteiger partial charge in [-0.25, -0.2) is 4.98 Å². The predicted octanol–water partition coefficient (Wildman–Crippen LogP) is 6.11. The predicted molar refractivity (Wildman–Crippen MR) is 100 cm³/mol. The normalized spacial score (nSPS) is 11.5. The molecule has 0 aliphatic heterocycles. The van der Waals surface area contributed by atoms with Gasteiger partial charge in [0.25, 0.3) is 5.91 Å². The second-order valence-electron chi connectivity index (χ2n) is 5.59. The second kappa shape index (κ2) is 7.36. The van der Waals surface area contributed by atoms with Crippen LogP contribution in [0.15, 0.2) is 46.9 Å². The van der Waals surface area contributed by atoms with Gasteiger partial charge in [-0.1, -0.05) is 27.5 Å².